The molecular formula is C14H15ClN4OS. The van der Waals surface area contributed by atoms with Crippen molar-refractivity contribution in [3.05, 3.63) is 40.2 Å². The second-order valence-electron chi connectivity index (χ2n) is 4.83. The average molecular weight is 323 g/mol. The van der Waals surface area contributed by atoms with Gasteiger partial charge in [-0.3, -0.25) is 0 Å². The van der Waals surface area contributed by atoms with Gasteiger partial charge in [0.05, 0.1) is 5.69 Å². The molecule has 0 unspecified atom stereocenters. The molecule has 7 heteroatoms. The number of urea groups is 1. The highest BCUT2D eigenvalue weighted by molar-refractivity contribution is 7.15. The average Bonchev–Trinajstić information content (AvgIpc) is 3.10. The molecular weight excluding hydrogens is 308 g/mol. The van der Waals surface area contributed by atoms with E-state index in [-0.39, 0.29) is 12.1 Å². The summed E-state index contributed by atoms with van der Waals surface area (Å²) < 4.78 is 0.590. The number of pyridine rings is 1. The summed E-state index contributed by atoms with van der Waals surface area (Å²) in [5.74, 6) is 0.947. The summed E-state index contributed by atoms with van der Waals surface area (Å²) in [6.07, 6.45) is 2.68. The van der Waals surface area contributed by atoms with E-state index in [4.69, 9.17) is 11.6 Å². The third kappa shape index (κ3) is 3.46. The van der Waals surface area contributed by atoms with Crippen LogP contribution in [0.4, 0.5) is 16.3 Å². The molecule has 0 saturated carbocycles. The van der Waals surface area contributed by atoms with Crippen LogP contribution in [0.1, 0.15) is 6.42 Å². The summed E-state index contributed by atoms with van der Waals surface area (Å²) in [5.41, 5.74) is 0.652. The lowest BCUT2D eigenvalue weighted by atomic mass is 10.3. The number of hydrogen-bond acceptors (Lipinski definition) is 4. The van der Waals surface area contributed by atoms with Crippen molar-refractivity contribution in [3.8, 4) is 0 Å². The van der Waals surface area contributed by atoms with Gasteiger partial charge in [0.1, 0.15) is 10.2 Å². The number of nitrogens with zero attached hydrogens (tertiary/aromatic N) is 2. The molecule has 0 aromatic carbocycles. The van der Waals surface area contributed by atoms with Crippen LogP contribution in [-0.4, -0.2) is 30.1 Å². The Kier molecular flexibility index (Phi) is 4.26. The first-order chi connectivity index (χ1) is 10.2. The highest BCUT2D eigenvalue weighted by Gasteiger charge is 2.24. The van der Waals surface area contributed by atoms with Crippen LogP contribution in [0.5, 0.6) is 0 Å². The van der Waals surface area contributed by atoms with Gasteiger partial charge in [-0.05, 0) is 30.0 Å². The van der Waals surface area contributed by atoms with Crippen LogP contribution in [0.25, 0.3) is 0 Å². The van der Waals surface area contributed by atoms with Gasteiger partial charge in [0.2, 0.25) is 0 Å². The summed E-state index contributed by atoms with van der Waals surface area (Å²) in [4.78, 5) is 18.4. The highest BCUT2D eigenvalue weighted by atomic mass is 35.5. The molecule has 0 aliphatic carbocycles. The van der Waals surface area contributed by atoms with Crippen LogP contribution in [0.3, 0.4) is 0 Å². The number of carbonyl (C=O) groups excluding carboxylic acids is 1. The molecule has 1 aliphatic rings. The van der Waals surface area contributed by atoms with Crippen LogP contribution in [0.15, 0.2) is 35.8 Å². The van der Waals surface area contributed by atoms with E-state index in [0.717, 1.165) is 25.3 Å². The van der Waals surface area contributed by atoms with Crippen molar-refractivity contribution >= 4 is 40.5 Å². The van der Waals surface area contributed by atoms with Crippen LogP contribution in [0, 0.1) is 0 Å². The van der Waals surface area contributed by atoms with E-state index >= 15 is 0 Å². The Hall–Kier alpha value is -1.79. The van der Waals surface area contributed by atoms with Gasteiger partial charge in [0.25, 0.3) is 0 Å². The molecule has 2 amide bonds. The molecule has 1 atom stereocenters. The lowest BCUT2D eigenvalue weighted by Gasteiger charge is -2.17. The summed E-state index contributed by atoms with van der Waals surface area (Å²) in [7, 11) is 0. The third-order valence-corrected chi connectivity index (χ3v) is 4.53. The maximum absolute atomic E-state index is 12.0. The lowest BCUT2D eigenvalue weighted by Crippen LogP contribution is -2.39. The van der Waals surface area contributed by atoms with Crippen molar-refractivity contribution in [2.45, 2.75) is 12.5 Å². The van der Waals surface area contributed by atoms with E-state index in [1.165, 1.54) is 11.3 Å². The molecule has 2 aromatic rings. The zero-order valence-corrected chi connectivity index (χ0v) is 12.8. The summed E-state index contributed by atoms with van der Waals surface area (Å²) in [5, 5.41) is 7.58. The standard InChI is InChI=1S/C14H15ClN4OS/c15-13-11(5-8-21-13)18-14(20)17-10-4-7-19(9-10)12-3-1-2-6-16-12/h1-3,5-6,8,10H,4,7,9H2,(H2,17,18,20)/t10-/m1/s1. The Bertz CT molecular complexity index is 618. The Balaban J connectivity index is 1.53. The Labute approximate surface area is 131 Å². The van der Waals surface area contributed by atoms with Gasteiger partial charge in [-0.1, -0.05) is 17.7 Å². The van der Waals surface area contributed by atoms with Gasteiger partial charge in [0, 0.05) is 25.3 Å². The van der Waals surface area contributed by atoms with Crippen molar-refractivity contribution < 1.29 is 4.79 Å². The normalized spacial score (nSPS) is 17.8. The third-order valence-electron chi connectivity index (χ3n) is 3.36. The molecule has 2 N–H and O–H groups in total. The molecule has 1 fully saturated rings. The summed E-state index contributed by atoms with van der Waals surface area (Å²) in [6.45, 7) is 1.66. The van der Waals surface area contributed by atoms with E-state index in [2.05, 4.69) is 20.5 Å². The molecule has 3 rings (SSSR count). The number of thiophene rings is 1. The minimum absolute atomic E-state index is 0.115. The lowest BCUT2D eigenvalue weighted by molar-refractivity contribution is 0.249. The molecule has 3 heterocycles. The number of rotatable bonds is 3. The van der Waals surface area contributed by atoms with Crippen LogP contribution >= 0.6 is 22.9 Å². The molecule has 0 spiro atoms. The predicted octanol–water partition coefficient (Wildman–Crippen LogP) is 3.20. The van der Waals surface area contributed by atoms with Crippen LogP contribution in [0.2, 0.25) is 4.34 Å². The molecule has 1 aliphatic heterocycles. The maximum atomic E-state index is 12.0. The number of anilines is 2. The van der Waals surface area contributed by atoms with E-state index in [1.54, 1.807) is 12.3 Å². The van der Waals surface area contributed by atoms with Crippen molar-refractivity contribution in [2.24, 2.45) is 0 Å². The van der Waals surface area contributed by atoms with Crippen molar-refractivity contribution in [1.82, 2.24) is 10.3 Å². The van der Waals surface area contributed by atoms with E-state index in [1.807, 2.05) is 23.6 Å². The quantitative estimate of drug-likeness (QED) is 0.912. The predicted molar refractivity (Wildman–Crippen MR) is 86.3 cm³/mol. The second kappa shape index (κ2) is 6.32. The van der Waals surface area contributed by atoms with E-state index in [0.29, 0.717) is 10.0 Å². The molecule has 5 nitrogen and oxygen atoms in total. The van der Waals surface area contributed by atoms with Gasteiger partial charge < -0.3 is 15.5 Å². The van der Waals surface area contributed by atoms with Crippen LogP contribution in [-0.2, 0) is 0 Å². The first-order valence-electron chi connectivity index (χ1n) is 6.69. The topological polar surface area (TPSA) is 57.3 Å². The van der Waals surface area contributed by atoms with E-state index in [9.17, 15) is 4.79 Å². The number of nitrogens with one attached hydrogen (secondary N) is 2. The number of aromatic nitrogens is 1. The smallest absolute Gasteiger partial charge is 0.319 e. The van der Waals surface area contributed by atoms with Crippen molar-refractivity contribution in [3.63, 3.8) is 0 Å². The van der Waals surface area contributed by atoms with Crippen molar-refractivity contribution in [2.75, 3.05) is 23.3 Å². The monoisotopic (exact) mass is 322 g/mol. The second-order valence-corrected chi connectivity index (χ2v) is 6.34. The SMILES string of the molecule is O=C(Nc1ccsc1Cl)N[C@@H]1CCN(c2ccccn2)C1. The summed E-state index contributed by atoms with van der Waals surface area (Å²) >= 11 is 7.36. The molecule has 21 heavy (non-hydrogen) atoms. The number of hydrogen-bond donors (Lipinski definition) is 2. The van der Waals surface area contributed by atoms with Gasteiger partial charge in [-0.25, -0.2) is 9.78 Å². The maximum Gasteiger partial charge on any atom is 0.319 e. The van der Waals surface area contributed by atoms with Gasteiger partial charge >= 0.3 is 6.03 Å². The number of halogens is 1. The molecule has 2 aromatic heterocycles. The fourth-order valence-corrected chi connectivity index (χ4v) is 3.19. The van der Waals surface area contributed by atoms with Crippen LogP contribution < -0.4 is 15.5 Å². The zero-order chi connectivity index (χ0) is 14.7. The fourth-order valence-electron chi connectivity index (χ4n) is 2.35. The minimum atomic E-state index is -0.219. The Morgan fingerprint density at radius 1 is 1.43 bits per heavy atom. The first-order valence-corrected chi connectivity index (χ1v) is 7.94. The minimum Gasteiger partial charge on any atom is -0.354 e. The van der Waals surface area contributed by atoms with E-state index < -0.39 is 0 Å². The molecule has 1 saturated heterocycles. The molecule has 0 bridgehead atoms. The molecule has 110 valence electrons. The Morgan fingerprint density at radius 3 is 3.05 bits per heavy atom. The number of amides is 2. The molecule has 0 radical (unpaired) electrons. The summed E-state index contributed by atoms with van der Waals surface area (Å²) in [6, 6.07) is 7.53. The highest BCUT2D eigenvalue weighted by Crippen LogP contribution is 2.27. The van der Waals surface area contributed by atoms with Gasteiger partial charge in [-0.2, -0.15) is 0 Å². The van der Waals surface area contributed by atoms with Crippen molar-refractivity contribution in [1.29, 1.82) is 0 Å². The number of carbonyl (C=O) groups is 1. The fraction of sp³-hybridized carbons (Fsp3) is 0.286. The Morgan fingerprint density at radius 2 is 2.33 bits per heavy atom. The largest absolute Gasteiger partial charge is 0.354 e. The first kappa shape index (κ1) is 14.2. The van der Waals surface area contributed by atoms with Gasteiger partial charge in [0.15, 0.2) is 0 Å². The van der Waals surface area contributed by atoms with Gasteiger partial charge in [-0.15, -0.1) is 11.3 Å². The zero-order valence-electron chi connectivity index (χ0n) is 11.3.